The van der Waals surface area contributed by atoms with Gasteiger partial charge in [0.25, 0.3) is 0 Å². The molecule has 0 aliphatic heterocycles. The largest absolute Gasteiger partial charge is 0.460 e. The first-order chi connectivity index (χ1) is 5.84. The topological polar surface area (TPSA) is 39.4 Å². The smallest absolute Gasteiger partial charge is 0.374 e. The number of ether oxygens (including phenoxy) is 1. The quantitative estimate of drug-likeness (QED) is 0.509. The van der Waals surface area contributed by atoms with Crippen LogP contribution in [0.4, 0.5) is 0 Å². The Morgan fingerprint density at radius 2 is 2.50 bits per heavy atom. The molecule has 12 heavy (non-hydrogen) atoms. The molecular formula is C9H11O3. The molecule has 0 aliphatic carbocycles. The SMILES string of the molecule is [CH2]CCCOC(=O)c1ccco1. The first kappa shape index (κ1) is 8.84. The fourth-order valence-corrected chi connectivity index (χ4v) is 0.733. The number of carbonyl (C=O) groups is 1. The van der Waals surface area contributed by atoms with Crippen LogP contribution in [0.3, 0.4) is 0 Å². The molecule has 0 fully saturated rings. The highest BCUT2D eigenvalue weighted by atomic mass is 16.5. The Balaban J connectivity index is 2.30. The molecular weight excluding hydrogens is 156 g/mol. The van der Waals surface area contributed by atoms with Gasteiger partial charge in [0.2, 0.25) is 5.76 Å². The number of unbranched alkanes of at least 4 members (excludes halogenated alkanes) is 1. The van der Waals surface area contributed by atoms with Gasteiger partial charge in [0.05, 0.1) is 12.9 Å². The van der Waals surface area contributed by atoms with E-state index in [0.29, 0.717) is 6.61 Å². The van der Waals surface area contributed by atoms with Crippen LogP contribution in [-0.4, -0.2) is 12.6 Å². The molecule has 1 rings (SSSR count). The van der Waals surface area contributed by atoms with Gasteiger partial charge >= 0.3 is 5.97 Å². The summed E-state index contributed by atoms with van der Waals surface area (Å²) >= 11 is 0. The Bertz CT molecular complexity index is 226. The fourth-order valence-electron chi connectivity index (χ4n) is 0.733. The first-order valence-corrected chi connectivity index (χ1v) is 3.84. The molecule has 0 saturated heterocycles. The van der Waals surface area contributed by atoms with Gasteiger partial charge in [-0.05, 0) is 18.6 Å². The van der Waals surface area contributed by atoms with Crippen LogP contribution >= 0.6 is 0 Å². The average Bonchev–Trinajstić information content (AvgIpc) is 2.56. The van der Waals surface area contributed by atoms with Gasteiger partial charge < -0.3 is 9.15 Å². The lowest BCUT2D eigenvalue weighted by atomic mass is 10.4. The highest BCUT2D eigenvalue weighted by Gasteiger charge is 2.08. The summed E-state index contributed by atoms with van der Waals surface area (Å²) in [6, 6.07) is 3.23. The second kappa shape index (κ2) is 4.59. The second-order valence-electron chi connectivity index (χ2n) is 2.32. The molecule has 1 heterocycles. The van der Waals surface area contributed by atoms with Crippen LogP contribution in [0.15, 0.2) is 22.8 Å². The maximum Gasteiger partial charge on any atom is 0.374 e. The number of rotatable bonds is 4. The minimum Gasteiger partial charge on any atom is -0.460 e. The van der Waals surface area contributed by atoms with Gasteiger partial charge in [-0.1, -0.05) is 13.3 Å². The van der Waals surface area contributed by atoms with E-state index in [1.807, 2.05) is 0 Å². The molecule has 0 unspecified atom stereocenters. The predicted octanol–water partition coefficient (Wildman–Crippen LogP) is 2.05. The van der Waals surface area contributed by atoms with Crippen LogP contribution in [0.1, 0.15) is 23.4 Å². The van der Waals surface area contributed by atoms with Crippen LogP contribution in [0.5, 0.6) is 0 Å². The third-order valence-electron chi connectivity index (χ3n) is 1.35. The first-order valence-electron chi connectivity index (χ1n) is 3.84. The number of hydrogen-bond acceptors (Lipinski definition) is 3. The van der Waals surface area contributed by atoms with Crippen molar-refractivity contribution in [3.63, 3.8) is 0 Å². The maximum absolute atomic E-state index is 11.0. The van der Waals surface area contributed by atoms with Gasteiger partial charge in [0.1, 0.15) is 0 Å². The molecule has 65 valence electrons. The van der Waals surface area contributed by atoms with Crippen molar-refractivity contribution >= 4 is 5.97 Å². The summed E-state index contributed by atoms with van der Waals surface area (Å²) in [6.07, 6.45) is 3.00. The molecule has 0 aliphatic rings. The molecule has 1 aromatic rings. The molecule has 0 bridgehead atoms. The highest BCUT2D eigenvalue weighted by Crippen LogP contribution is 2.02. The number of carbonyl (C=O) groups excluding carboxylic acids is 1. The van der Waals surface area contributed by atoms with Crippen molar-refractivity contribution in [1.29, 1.82) is 0 Å². The molecule has 0 spiro atoms. The van der Waals surface area contributed by atoms with E-state index in [-0.39, 0.29) is 5.76 Å². The molecule has 0 atom stereocenters. The predicted molar refractivity (Wildman–Crippen MR) is 43.6 cm³/mol. The second-order valence-corrected chi connectivity index (χ2v) is 2.32. The fraction of sp³-hybridized carbons (Fsp3) is 0.333. The Kier molecular flexibility index (Phi) is 3.38. The van der Waals surface area contributed by atoms with E-state index in [0.717, 1.165) is 12.8 Å². The van der Waals surface area contributed by atoms with Crippen molar-refractivity contribution in [2.24, 2.45) is 0 Å². The lowest BCUT2D eigenvalue weighted by Crippen LogP contribution is -2.04. The number of hydrogen-bond donors (Lipinski definition) is 0. The van der Waals surface area contributed by atoms with E-state index in [9.17, 15) is 4.79 Å². The third-order valence-corrected chi connectivity index (χ3v) is 1.35. The summed E-state index contributed by atoms with van der Waals surface area (Å²) in [4.78, 5) is 11.0. The summed E-state index contributed by atoms with van der Waals surface area (Å²) in [5.41, 5.74) is 0. The molecule has 0 aromatic carbocycles. The van der Waals surface area contributed by atoms with Crippen LogP contribution in [0, 0.1) is 6.92 Å². The summed E-state index contributed by atoms with van der Waals surface area (Å²) < 4.78 is 9.69. The summed E-state index contributed by atoms with van der Waals surface area (Å²) in [7, 11) is 0. The minimum absolute atomic E-state index is 0.249. The van der Waals surface area contributed by atoms with Gasteiger partial charge in [-0.25, -0.2) is 4.79 Å². The lowest BCUT2D eigenvalue weighted by molar-refractivity contribution is 0.0465. The van der Waals surface area contributed by atoms with E-state index in [4.69, 9.17) is 9.15 Å². The van der Waals surface area contributed by atoms with Crippen LogP contribution < -0.4 is 0 Å². The van der Waals surface area contributed by atoms with E-state index in [2.05, 4.69) is 6.92 Å². The van der Waals surface area contributed by atoms with E-state index >= 15 is 0 Å². The molecule has 1 aromatic heterocycles. The van der Waals surface area contributed by atoms with E-state index in [1.165, 1.54) is 6.26 Å². The van der Waals surface area contributed by atoms with Crippen molar-refractivity contribution < 1.29 is 13.9 Å². The van der Waals surface area contributed by atoms with Crippen molar-refractivity contribution in [3.05, 3.63) is 31.1 Å². The Morgan fingerprint density at radius 1 is 1.67 bits per heavy atom. The summed E-state index contributed by atoms with van der Waals surface area (Å²) in [6.45, 7) is 4.04. The van der Waals surface area contributed by atoms with Gasteiger partial charge in [-0.15, -0.1) is 0 Å². The Labute approximate surface area is 71.3 Å². The number of furan rings is 1. The average molecular weight is 167 g/mol. The van der Waals surface area contributed by atoms with Gasteiger partial charge in [-0.3, -0.25) is 0 Å². The van der Waals surface area contributed by atoms with Crippen molar-refractivity contribution in [1.82, 2.24) is 0 Å². The molecule has 0 N–H and O–H groups in total. The molecule has 0 amide bonds. The van der Waals surface area contributed by atoms with Crippen LogP contribution in [-0.2, 0) is 4.74 Å². The Hall–Kier alpha value is -1.25. The van der Waals surface area contributed by atoms with E-state index in [1.54, 1.807) is 12.1 Å². The molecule has 3 heteroatoms. The van der Waals surface area contributed by atoms with Crippen LogP contribution in [0.25, 0.3) is 0 Å². The standard InChI is InChI=1S/C9H11O3/c1-2-3-6-12-9(10)8-5-4-7-11-8/h4-5,7H,1-3,6H2. The minimum atomic E-state index is -0.409. The van der Waals surface area contributed by atoms with Crippen molar-refractivity contribution in [2.45, 2.75) is 12.8 Å². The molecule has 3 nitrogen and oxygen atoms in total. The summed E-state index contributed by atoms with van der Waals surface area (Å²) in [5.74, 6) is -0.160. The van der Waals surface area contributed by atoms with E-state index < -0.39 is 5.97 Å². The zero-order valence-corrected chi connectivity index (χ0v) is 6.79. The molecule has 1 radical (unpaired) electrons. The normalized spacial score (nSPS) is 9.75. The highest BCUT2D eigenvalue weighted by molar-refractivity contribution is 5.86. The zero-order valence-electron chi connectivity index (χ0n) is 6.79. The monoisotopic (exact) mass is 167 g/mol. The van der Waals surface area contributed by atoms with Crippen LogP contribution in [0.2, 0.25) is 0 Å². The van der Waals surface area contributed by atoms with Crippen molar-refractivity contribution in [3.8, 4) is 0 Å². The number of esters is 1. The van der Waals surface area contributed by atoms with Crippen molar-refractivity contribution in [2.75, 3.05) is 6.61 Å². The molecule has 0 saturated carbocycles. The summed E-state index contributed by atoms with van der Waals surface area (Å²) in [5, 5.41) is 0. The van der Waals surface area contributed by atoms with Gasteiger partial charge in [-0.2, -0.15) is 0 Å². The maximum atomic E-state index is 11.0. The zero-order chi connectivity index (χ0) is 8.81. The lowest BCUT2D eigenvalue weighted by Gasteiger charge is -1.99. The third kappa shape index (κ3) is 2.42. The van der Waals surface area contributed by atoms with Gasteiger partial charge in [0.15, 0.2) is 0 Å². The Morgan fingerprint density at radius 3 is 3.08 bits per heavy atom. The van der Waals surface area contributed by atoms with Gasteiger partial charge in [0, 0.05) is 0 Å².